The molecule has 104 valence electrons. The Morgan fingerprint density at radius 2 is 1.95 bits per heavy atom. The van der Waals surface area contributed by atoms with Gasteiger partial charge in [-0.15, -0.1) is 11.3 Å². The third-order valence-corrected chi connectivity index (χ3v) is 4.84. The topological polar surface area (TPSA) is 35.8 Å². The number of hydrogen-bond acceptors (Lipinski definition) is 3. The summed E-state index contributed by atoms with van der Waals surface area (Å²) in [4.78, 5) is 1.26. The highest BCUT2D eigenvalue weighted by Crippen LogP contribution is 2.45. The van der Waals surface area contributed by atoms with Crippen LogP contribution in [-0.4, -0.2) is 6.04 Å². The third-order valence-electron chi connectivity index (χ3n) is 3.90. The van der Waals surface area contributed by atoms with Crippen molar-refractivity contribution in [3.05, 3.63) is 21.9 Å². The molecule has 3 heteroatoms. The van der Waals surface area contributed by atoms with E-state index in [4.69, 9.17) is 5.26 Å². The van der Waals surface area contributed by atoms with Crippen LogP contribution in [-0.2, 0) is 6.54 Å². The Labute approximate surface area is 120 Å². The summed E-state index contributed by atoms with van der Waals surface area (Å²) in [6.45, 7) is 10.4. The van der Waals surface area contributed by atoms with Gasteiger partial charge in [-0.3, -0.25) is 0 Å². The Bertz CT molecular complexity index is 463. The molecule has 0 aliphatic heterocycles. The quantitative estimate of drug-likeness (QED) is 0.892. The Morgan fingerprint density at radius 3 is 2.47 bits per heavy atom. The number of rotatable bonds is 3. The first-order valence-electron chi connectivity index (χ1n) is 7.01. The smallest absolute Gasteiger partial charge is 0.100 e. The van der Waals surface area contributed by atoms with Crippen molar-refractivity contribution in [1.29, 1.82) is 5.26 Å². The van der Waals surface area contributed by atoms with Gasteiger partial charge in [0.2, 0.25) is 0 Å². The fraction of sp³-hybridized carbons (Fsp3) is 0.688. The van der Waals surface area contributed by atoms with Gasteiger partial charge in [0.1, 0.15) is 6.07 Å². The molecule has 0 radical (unpaired) electrons. The molecule has 1 aliphatic carbocycles. The average Bonchev–Trinajstić information content (AvgIpc) is 2.70. The first-order chi connectivity index (χ1) is 8.80. The summed E-state index contributed by atoms with van der Waals surface area (Å²) in [5.41, 5.74) is 1.63. The third kappa shape index (κ3) is 4.06. The van der Waals surface area contributed by atoms with Gasteiger partial charge in [0.05, 0.1) is 5.56 Å². The predicted octanol–water partition coefficient (Wildman–Crippen LogP) is 4.31. The van der Waals surface area contributed by atoms with Gasteiger partial charge in [0, 0.05) is 22.8 Å². The number of thiophene rings is 1. The summed E-state index contributed by atoms with van der Waals surface area (Å²) in [7, 11) is 0. The van der Waals surface area contributed by atoms with Crippen LogP contribution in [0.4, 0.5) is 0 Å². The molecule has 0 atom stereocenters. The summed E-state index contributed by atoms with van der Waals surface area (Å²) in [6.07, 6.45) is 3.79. The molecule has 19 heavy (non-hydrogen) atoms. The minimum absolute atomic E-state index is 0.423. The van der Waals surface area contributed by atoms with Crippen LogP contribution in [0.5, 0.6) is 0 Å². The average molecular weight is 276 g/mol. The van der Waals surface area contributed by atoms with Crippen molar-refractivity contribution in [2.75, 3.05) is 0 Å². The molecule has 0 spiro atoms. The molecular weight excluding hydrogens is 252 g/mol. The summed E-state index contributed by atoms with van der Waals surface area (Å²) >= 11 is 1.68. The fourth-order valence-electron chi connectivity index (χ4n) is 3.77. The lowest BCUT2D eigenvalue weighted by Gasteiger charge is -2.45. The van der Waals surface area contributed by atoms with Gasteiger partial charge in [0.15, 0.2) is 0 Å². The molecule has 0 aromatic carbocycles. The Hall–Kier alpha value is -0.850. The van der Waals surface area contributed by atoms with E-state index in [2.05, 4.69) is 39.1 Å². The molecule has 1 fully saturated rings. The Balaban J connectivity index is 1.94. The van der Waals surface area contributed by atoms with Crippen LogP contribution in [0, 0.1) is 22.2 Å². The lowest BCUT2D eigenvalue weighted by atomic mass is 9.63. The highest BCUT2D eigenvalue weighted by Gasteiger charge is 2.38. The second-order valence-electron chi connectivity index (χ2n) is 7.40. The van der Waals surface area contributed by atoms with E-state index in [-0.39, 0.29) is 0 Å². The molecule has 1 saturated carbocycles. The first-order valence-corrected chi connectivity index (χ1v) is 7.89. The van der Waals surface area contributed by atoms with Gasteiger partial charge >= 0.3 is 0 Å². The van der Waals surface area contributed by atoms with Crippen molar-refractivity contribution in [3.63, 3.8) is 0 Å². The van der Waals surface area contributed by atoms with Crippen LogP contribution in [0.25, 0.3) is 0 Å². The maximum atomic E-state index is 8.84. The molecule has 0 unspecified atom stereocenters. The molecule has 0 bridgehead atoms. The molecule has 1 aliphatic rings. The molecule has 1 N–H and O–H groups in total. The second-order valence-corrected chi connectivity index (χ2v) is 8.40. The Morgan fingerprint density at radius 1 is 1.32 bits per heavy atom. The van der Waals surface area contributed by atoms with E-state index in [9.17, 15) is 0 Å². The van der Waals surface area contributed by atoms with Gasteiger partial charge in [0.25, 0.3) is 0 Å². The molecule has 2 nitrogen and oxygen atoms in total. The predicted molar refractivity (Wildman–Crippen MR) is 81.1 cm³/mol. The van der Waals surface area contributed by atoms with Gasteiger partial charge in [-0.2, -0.15) is 5.26 Å². The van der Waals surface area contributed by atoms with Crippen molar-refractivity contribution in [1.82, 2.24) is 5.32 Å². The van der Waals surface area contributed by atoms with Crippen LogP contribution in [0.1, 0.15) is 57.4 Å². The summed E-state index contributed by atoms with van der Waals surface area (Å²) in [5, 5.41) is 14.5. The van der Waals surface area contributed by atoms with E-state index < -0.39 is 0 Å². The molecule has 2 rings (SSSR count). The SMILES string of the molecule is CC1(C)CC(NCc2cc(C#N)cs2)CC(C)(C)C1. The molecule has 1 heterocycles. The lowest BCUT2D eigenvalue weighted by Crippen LogP contribution is -2.43. The van der Waals surface area contributed by atoms with Crippen molar-refractivity contribution in [2.45, 2.75) is 59.5 Å². The zero-order valence-electron chi connectivity index (χ0n) is 12.4. The van der Waals surface area contributed by atoms with E-state index in [1.165, 1.54) is 24.1 Å². The van der Waals surface area contributed by atoms with Crippen molar-refractivity contribution < 1.29 is 0 Å². The maximum absolute atomic E-state index is 8.84. The summed E-state index contributed by atoms with van der Waals surface area (Å²) < 4.78 is 0. The summed E-state index contributed by atoms with van der Waals surface area (Å²) in [5.74, 6) is 0. The van der Waals surface area contributed by atoms with E-state index >= 15 is 0 Å². The first kappa shape index (κ1) is 14.6. The summed E-state index contributed by atoms with van der Waals surface area (Å²) in [6, 6.07) is 4.78. The van der Waals surface area contributed by atoms with Crippen molar-refractivity contribution in [2.24, 2.45) is 10.8 Å². The van der Waals surface area contributed by atoms with Crippen LogP contribution in [0.15, 0.2) is 11.4 Å². The lowest BCUT2D eigenvalue weighted by molar-refractivity contribution is 0.0846. The largest absolute Gasteiger partial charge is 0.309 e. The molecular formula is C16H24N2S. The normalized spacial score (nSPS) is 22.1. The van der Waals surface area contributed by atoms with Gasteiger partial charge in [-0.1, -0.05) is 27.7 Å². The van der Waals surface area contributed by atoms with Crippen molar-refractivity contribution in [3.8, 4) is 6.07 Å². The number of nitrogens with zero attached hydrogens (tertiary/aromatic N) is 1. The van der Waals surface area contributed by atoms with Gasteiger partial charge < -0.3 is 5.32 Å². The van der Waals surface area contributed by atoms with Crippen LogP contribution >= 0.6 is 11.3 Å². The Kier molecular flexibility index (Phi) is 4.03. The van der Waals surface area contributed by atoms with E-state index in [0.29, 0.717) is 16.9 Å². The maximum Gasteiger partial charge on any atom is 0.100 e. The highest BCUT2D eigenvalue weighted by atomic mass is 32.1. The number of hydrogen-bond donors (Lipinski definition) is 1. The molecule has 0 saturated heterocycles. The zero-order chi connectivity index (χ0) is 14.1. The molecule has 0 amide bonds. The van der Waals surface area contributed by atoms with Crippen LogP contribution in [0.3, 0.4) is 0 Å². The van der Waals surface area contributed by atoms with E-state index in [1.807, 2.05) is 11.4 Å². The molecule has 1 aromatic rings. The second kappa shape index (κ2) is 5.26. The zero-order valence-corrected chi connectivity index (χ0v) is 13.2. The number of nitrogens with one attached hydrogen (secondary N) is 1. The standard InChI is InChI=1S/C16H24N2S/c1-15(2)6-13(7-16(3,4)11-15)18-9-14-5-12(8-17)10-19-14/h5,10,13,18H,6-7,9,11H2,1-4H3. The van der Waals surface area contributed by atoms with Crippen LogP contribution < -0.4 is 5.32 Å². The van der Waals surface area contributed by atoms with Crippen molar-refractivity contribution >= 4 is 11.3 Å². The fourth-order valence-corrected chi connectivity index (χ4v) is 4.53. The van der Waals surface area contributed by atoms with Gasteiger partial charge in [-0.05, 0) is 36.2 Å². The highest BCUT2D eigenvalue weighted by molar-refractivity contribution is 7.10. The minimum atomic E-state index is 0.423. The minimum Gasteiger partial charge on any atom is -0.309 e. The number of nitriles is 1. The van der Waals surface area contributed by atoms with E-state index in [1.54, 1.807) is 11.3 Å². The van der Waals surface area contributed by atoms with E-state index in [0.717, 1.165) is 12.1 Å². The molecule has 1 aromatic heterocycles. The monoisotopic (exact) mass is 276 g/mol. The van der Waals surface area contributed by atoms with Crippen LogP contribution in [0.2, 0.25) is 0 Å². The van der Waals surface area contributed by atoms with Gasteiger partial charge in [-0.25, -0.2) is 0 Å².